The van der Waals surface area contributed by atoms with Gasteiger partial charge in [0.15, 0.2) is 10.9 Å². The molecule has 4 N–H and O–H groups in total. The molecule has 0 radical (unpaired) electrons. The number of hydrogen-bond donors (Lipinski definition) is 3. The highest BCUT2D eigenvalue weighted by molar-refractivity contribution is 7.80. The summed E-state index contributed by atoms with van der Waals surface area (Å²) in [4.78, 5) is 7.37. The number of nitrogens with one attached hydrogen (secondary N) is 2. The number of fused-ring (bicyclic) bond motifs is 1. The van der Waals surface area contributed by atoms with Crippen molar-refractivity contribution in [1.82, 2.24) is 15.4 Å². The first-order valence-electron chi connectivity index (χ1n) is 4.29. The van der Waals surface area contributed by atoms with Gasteiger partial charge in [0.05, 0.1) is 17.2 Å². The Bertz CT molecular complexity index is 483. The van der Waals surface area contributed by atoms with Crippen LogP contribution in [-0.2, 0) is 0 Å². The zero-order valence-corrected chi connectivity index (χ0v) is 8.58. The SMILES string of the molecule is NC(=S)N/N=C\c1nc2ccccc2[nH]1. The van der Waals surface area contributed by atoms with Crippen molar-refractivity contribution in [3.8, 4) is 0 Å². The number of aromatic amines is 1. The molecule has 0 bridgehead atoms. The minimum Gasteiger partial charge on any atom is -0.375 e. The summed E-state index contributed by atoms with van der Waals surface area (Å²) in [5, 5.41) is 3.93. The van der Waals surface area contributed by atoms with E-state index in [0.29, 0.717) is 5.82 Å². The summed E-state index contributed by atoms with van der Waals surface area (Å²) >= 11 is 4.60. The van der Waals surface area contributed by atoms with Crippen LogP contribution in [0.25, 0.3) is 11.0 Å². The second-order valence-corrected chi connectivity index (χ2v) is 3.31. The van der Waals surface area contributed by atoms with E-state index < -0.39 is 0 Å². The van der Waals surface area contributed by atoms with Gasteiger partial charge in [-0.1, -0.05) is 12.1 Å². The van der Waals surface area contributed by atoms with Crippen LogP contribution < -0.4 is 11.2 Å². The third kappa shape index (κ3) is 2.29. The zero-order chi connectivity index (χ0) is 10.7. The number of thiocarbonyl (C=S) groups is 1. The third-order valence-corrected chi connectivity index (χ3v) is 1.86. The Balaban J connectivity index is 2.22. The van der Waals surface area contributed by atoms with E-state index in [1.54, 1.807) is 0 Å². The molecule has 2 aromatic rings. The average molecular weight is 219 g/mol. The highest BCUT2D eigenvalue weighted by Crippen LogP contribution is 2.08. The fraction of sp³-hybridized carbons (Fsp3) is 0. The van der Waals surface area contributed by atoms with E-state index in [1.165, 1.54) is 6.21 Å². The molecule has 1 heterocycles. The first-order chi connectivity index (χ1) is 7.25. The smallest absolute Gasteiger partial charge is 0.184 e. The maximum atomic E-state index is 5.21. The molecule has 0 atom stereocenters. The number of rotatable bonds is 2. The van der Waals surface area contributed by atoms with Crippen LogP contribution >= 0.6 is 12.2 Å². The molecule has 0 amide bonds. The van der Waals surface area contributed by atoms with Gasteiger partial charge in [-0.05, 0) is 24.4 Å². The van der Waals surface area contributed by atoms with Gasteiger partial charge in [-0.2, -0.15) is 5.10 Å². The molecule has 0 spiro atoms. The van der Waals surface area contributed by atoms with E-state index in [9.17, 15) is 0 Å². The van der Waals surface area contributed by atoms with Crippen LogP contribution in [0.1, 0.15) is 5.82 Å². The van der Waals surface area contributed by atoms with Crippen LogP contribution in [0.15, 0.2) is 29.4 Å². The standard InChI is InChI=1S/C9H9N5S/c10-9(15)14-11-5-8-12-6-3-1-2-4-7(6)13-8/h1-5H,(H,12,13)(H3,10,14,15)/b11-5-. The number of aromatic nitrogens is 2. The maximum absolute atomic E-state index is 5.21. The Morgan fingerprint density at radius 3 is 3.07 bits per heavy atom. The second kappa shape index (κ2) is 4.05. The average Bonchev–Trinajstić information content (AvgIpc) is 2.59. The second-order valence-electron chi connectivity index (χ2n) is 2.87. The Kier molecular flexibility index (Phi) is 2.59. The molecule has 0 saturated heterocycles. The van der Waals surface area contributed by atoms with Crippen molar-refractivity contribution in [3.05, 3.63) is 30.1 Å². The fourth-order valence-electron chi connectivity index (χ4n) is 1.19. The number of imidazole rings is 1. The van der Waals surface area contributed by atoms with Crippen molar-refractivity contribution in [3.63, 3.8) is 0 Å². The van der Waals surface area contributed by atoms with Crippen molar-refractivity contribution in [2.75, 3.05) is 0 Å². The molecular weight excluding hydrogens is 210 g/mol. The highest BCUT2D eigenvalue weighted by Gasteiger charge is 1.97. The van der Waals surface area contributed by atoms with E-state index in [0.717, 1.165) is 11.0 Å². The quantitative estimate of drug-likeness (QED) is 0.395. The predicted octanol–water partition coefficient (Wildman–Crippen LogP) is 0.730. The number of H-pyrrole nitrogens is 1. The molecule has 1 aromatic heterocycles. The summed E-state index contributed by atoms with van der Waals surface area (Å²) in [6.45, 7) is 0. The van der Waals surface area contributed by atoms with Crippen LogP contribution in [-0.4, -0.2) is 21.3 Å². The van der Waals surface area contributed by atoms with E-state index in [-0.39, 0.29) is 5.11 Å². The van der Waals surface area contributed by atoms with Gasteiger partial charge >= 0.3 is 0 Å². The molecule has 0 aliphatic carbocycles. The molecule has 0 saturated carbocycles. The van der Waals surface area contributed by atoms with Gasteiger partial charge in [-0.15, -0.1) is 0 Å². The maximum Gasteiger partial charge on any atom is 0.184 e. The number of hydrogen-bond acceptors (Lipinski definition) is 3. The van der Waals surface area contributed by atoms with E-state index in [2.05, 4.69) is 32.7 Å². The van der Waals surface area contributed by atoms with Crippen LogP contribution in [0.2, 0.25) is 0 Å². The number of nitrogens with two attached hydrogens (primary N) is 1. The van der Waals surface area contributed by atoms with E-state index in [4.69, 9.17) is 5.73 Å². The Morgan fingerprint density at radius 2 is 2.33 bits per heavy atom. The summed E-state index contributed by atoms with van der Waals surface area (Å²) < 4.78 is 0. The summed E-state index contributed by atoms with van der Waals surface area (Å²) in [7, 11) is 0. The first kappa shape index (κ1) is 9.60. The van der Waals surface area contributed by atoms with Gasteiger partial charge in [0, 0.05) is 0 Å². The van der Waals surface area contributed by atoms with Gasteiger partial charge in [-0.3, -0.25) is 5.43 Å². The summed E-state index contributed by atoms with van der Waals surface area (Å²) in [6, 6.07) is 7.73. The van der Waals surface area contributed by atoms with Gasteiger partial charge in [0.2, 0.25) is 0 Å². The van der Waals surface area contributed by atoms with E-state index >= 15 is 0 Å². The molecule has 5 nitrogen and oxygen atoms in total. The van der Waals surface area contributed by atoms with Crippen LogP contribution in [0.4, 0.5) is 0 Å². The van der Waals surface area contributed by atoms with E-state index in [1.807, 2.05) is 24.3 Å². The van der Waals surface area contributed by atoms with Gasteiger partial charge in [-0.25, -0.2) is 4.98 Å². The minimum atomic E-state index is 0.127. The molecule has 0 unspecified atom stereocenters. The van der Waals surface area contributed by atoms with Gasteiger partial charge in [0.1, 0.15) is 0 Å². The number of nitrogens with zero attached hydrogens (tertiary/aromatic N) is 2. The first-order valence-corrected chi connectivity index (χ1v) is 4.70. The Morgan fingerprint density at radius 1 is 1.53 bits per heavy atom. The highest BCUT2D eigenvalue weighted by atomic mass is 32.1. The Hall–Kier alpha value is -1.95. The van der Waals surface area contributed by atoms with Crippen molar-refractivity contribution >= 4 is 34.6 Å². The van der Waals surface area contributed by atoms with Crippen LogP contribution in [0.3, 0.4) is 0 Å². The lowest BCUT2D eigenvalue weighted by Crippen LogP contribution is -2.24. The lowest BCUT2D eigenvalue weighted by Gasteiger charge is -1.91. The number of para-hydroxylation sites is 2. The predicted molar refractivity (Wildman–Crippen MR) is 63.6 cm³/mol. The normalized spacial score (nSPS) is 10.9. The van der Waals surface area contributed by atoms with Crippen molar-refractivity contribution in [1.29, 1.82) is 0 Å². The summed E-state index contributed by atoms with van der Waals surface area (Å²) in [5.74, 6) is 0.653. The number of benzene rings is 1. The van der Waals surface area contributed by atoms with Crippen LogP contribution in [0, 0.1) is 0 Å². The summed E-state index contributed by atoms with van der Waals surface area (Å²) in [5.41, 5.74) is 9.53. The zero-order valence-electron chi connectivity index (χ0n) is 7.77. The Labute approximate surface area is 91.4 Å². The summed E-state index contributed by atoms with van der Waals surface area (Å²) in [6.07, 6.45) is 1.53. The molecule has 0 aliphatic heterocycles. The molecule has 0 aliphatic rings. The van der Waals surface area contributed by atoms with Crippen molar-refractivity contribution in [2.45, 2.75) is 0 Å². The molecule has 6 heteroatoms. The molecule has 2 rings (SSSR count). The molecule has 1 aromatic carbocycles. The lowest BCUT2D eigenvalue weighted by atomic mass is 10.3. The molecule has 15 heavy (non-hydrogen) atoms. The fourth-order valence-corrected chi connectivity index (χ4v) is 1.24. The van der Waals surface area contributed by atoms with Gasteiger partial charge < -0.3 is 10.7 Å². The monoisotopic (exact) mass is 219 g/mol. The molecular formula is C9H9N5S. The van der Waals surface area contributed by atoms with Crippen LogP contribution in [0.5, 0.6) is 0 Å². The van der Waals surface area contributed by atoms with Gasteiger partial charge in [0.25, 0.3) is 0 Å². The largest absolute Gasteiger partial charge is 0.375 e. The topological polar surface area (TPSA) is 79.1 Å². The molecule has 0 fully saturated rings. The third-order valence-electron chi connectivity index (χ3n) is 1.77. The van der Waals surface area contributed by atoms with Crippen molar-refractivity contribution < 1.29 is 0 Å². The van der Waals surface area contributed by atoms with Crippen molar-refractivity contribution in [2.24, 2.45) is 10.8 Å². The number of hydrazone groups is 1. The molecule has 76 valence electrons. The lowest BCUT2D eigenvalue weighted by molar-refractivity contribution is 1.04. The minimum absolute atomic E-state index is 0.127.